The average Bonchev–Trinajstić information content (AvgIpc) is 3.04. The summed E-state index contributed by atoms with van der Waals surface area (Å²) in [7, 11) is 1.54. The zero-order valence-corrected chi connectivity index (χ0v) is 15.3. The summed E-state index contributed by atoms with van der Waals surface area (Å²) in [5.74, 6) is -0.207. The van der Waals surface area contributed by atoms with Crippen LogP contribution in [0.1, 0.15) is 27.6 Å². The van der Waals surface area contributed by atoms with Crippen molar-refractivity contribution >= 4 is 38.6 Å². The van der Waals surface area contributed by atoms with Crippen molar-refractivity contribution < 1.29 is 19.1 Å². The number of methoxy groups -OCH3 is 1. The van der Waals surface area contributed by atoms with Crippen LogP contribution >= 0.6 is 15.9 Å². The number of ether oxygens (including phenoxy) is 2. The molecule has 0 bridgehead atoms. The molecule has 1 atom stereocenters. The Morgan fingerprint density at radius 2 is 1.92 bits per heavy atom. The molecule has 0 spiro atoms. The van der Waals surface area contributed by atoms with Crippen molar-refractivity contribution in [2.75, 3.05) is 7.11 Å². The molecule has 0 saturated heterocycles. The average molecular weight is 402 g/mol. The molecule has 1 N–H and O–H groups in total. The fraction of sp³-hybridized carbons (Fsp3) is 0.158. The Labute approximate surface area is 153 Å². The smallest absolute Gasteiger partial charge is 0.338 e. The molecule has 0 aliphatic heterocycles. The topological polar surface area (TPSA) is 68.4 Å². The van der Waals surface area contributed by atoms with Crippen LogP contribution in [-0.2, 0) is 4.74 Å². The highest BCUT2D eigenvalue weighted by atomic mass is 79.9. The Morgan fingerprint density at radius 3 is 2.64 bits per heavy atom. The van der Waals surface area contributed by atoms with Gasteiger partial charge < -0.3 is 14.5 Å². The van der Waals surface area contributed by atoms with Gasteiger partial charge in [0.1, 0.15) is 5.75 Å². The maximum Gasteiger partial charge on any atom is 0.338 e. The lowest BCUT2D eigenvalue weighted by Gasteiger charge is -2.12. The second kappa shape index (κ2) is 7.11. The van der Waals surface area contributed by atoms with E-state index in [-0.39, 0.29) is 5.78 Å². The molecule has 0 unspecified atom stereocenters. The number of Topliss-reactive ketones (excluding diaryl/α,β-unsaturated/α-hetero) is 1. The summed E-state index contributed by atoms with van der Waals surface area (Å²) in [6.07, 6.45) is 0.744. The number of H-pyrrole nitrogens is 1. The maximum absolute atomic E-state index is 12.6. The van der Waals surface area contributed by atoms with E-state index in [0.717, 1.165) is 10.9 Å². The lowest BCUT2D eigenvalue weighted by molar-refractivity contribution is 0.0319. The molecule has 1 aromatic heterocycles. The summed E-state index contributed by atoms with van der Waals surface area (Å²) < 4.78 is 11.1. The second-order valence-electron chi connectivity index (χ2n) is 5.51. The summed E-state index contributed by atoms with van der Waals surface area (Å²) in [6.45, 7) is 1.57. The first-order valence-electron chi connectivity index (χ1n) is 7.66. The Morgan fingerprint density at radius 1 is 1.16 bits per heavy atom. The summed E-state index contributed by atoms with van der Waals surface area (Å²) in [5, 5.41) is 0.808. The van der Waals surface area contributed by atoms with E-state index >= 15 is 0 Å². The first-order chi connectivity index (χ1) is 12.0. The largest absolute Gasteiger partial charge is 0.496 e. The van der Waals surface area contributed by atoms with Gasteiger partial charge in [-0.25, -0.2) is 4.79 Å². The van der Waals surface area contributed by atoms with Gasteiger partial charge in [0.15, 0.2) is 6.10 Å². The van der Waals surface area contributed by atoms with Crippen LogP contribution in [0.4, 0.5) is 0 Å². The van der Waals surface area contributed by atoms with Crippen LogP contribution in [0.2, 0.25) is 0 Å². The first-order valence-corrected chi connectivity index (χ1v) is 8.45. The standard InChI is InChI=1S/C19H16BrNO4/c1-11(18(22)14-10-21-16-6-4-3-5-13(14)16)25-19(23)12-7-8-17(24-2)15(20)9-12/h3-11,21H,1-2H3/t11-/m1/s1. The molecule has 0 aliphatic carbocycles. The minimum atomic E-state index is -0.896. The van der Waals surface area contributed by atoms with Gasteiger partial charge in [-0.1, -0.05) is 18.2 Å². The molecule has 5 nitrogen and oxygen atoms in total. The highest BCUT2D eigenvalue weighted by Gasteiger charge is 2.23. The van der Waals surface area contributed by atoms with Crippen molar-refractivity contribution in [1.29, 1.82) is 0 Å². The number of carbonyl (C=O) groups excluding carboxylic acids is 2. The summed E-state index contributed by atoms with van der Waals surface area (Å²) in [4.78, 5) is 28.0. The van der Waals surface area contributed by atoms with Crippen LogP contribution in [0.25, 0.3) is 10.9 Å². The van der Waals surface area contributed by atoms with Crippen LogP contribution < -0.4 is 4.74 Å². The summed E-state index contributed by atoms with van der Waals surface area (Å²) >= 11 is 3.33. The van der Waals surface area contributed by atoms with Crippen molar-refractivity contribution in [1.82, 2.24) is 4.98 Å². The third-order valence-electron chi connectivity index (χ3n) is 3.90. The molecule has 25 heavy (non-hydrogen) atoms. The number of fused-ring (bicyclic) bond motifs is 1. The van der Waals surface area contributed by atoms with Gasteiger partial charge in [0.2, 0.25) is 5.78 Å². The number of ketones is 1. The molecule has 128 valence electrons. The van der Waals surface area contributed by atoms with Crippen molar-refractivity contribution in [2.45, 2.75) is 13.0 Å². The van der Waals surface area contributed by atoms with E-state index in [0.29, 0.717) is 21.3 Å². The van der Waals surface area contributed by atoms with Gasteiger partial charge in [-0.15, -0.1) is 0 Å². The Kier molecular flexibility index (Phi) is 4.90. The van der Waals surface area contributed by atoms with Crippen molar-refractivity contribution in [3.8, 4) is 5.75 Å². The minimum absolute atomic E-state index is 0.252. The number of esters is 1. The molecular weight excluding hydrogens is 386 g/mol. The predicted octanol–water partition coefficient (Wildman–Crippen LogP) is 4.37. The third-order valence-corrected chi connectivity index (χ3v) is 4.51. The van der Waals surface area contributed by atoms with E-state index in [1.807, 2.05) is 24.3 Å². The maximum atomic E-state index is 12.6. The number of rotatable bonds is 5. The van der Waals surface area contributed by atoms with E-state index in [9.17, 15) is 9.59 Å². The van der Waals surface area contributed by atoms with Crippen LogP contribution in [0.15, 0.2) is 53.1 Å². The number of para-hydroxylation sites is 1. The normalized spacial score (nSPS) is 12.0. The number of aromatic nitrogens is 1. The fourth-order valence-corrected chi connectivity index (χ4v) is 3.11. The number of hydrogen-bond acceptors (Lipinski definition) is 4. The zero-order chi connectivity index (χ0) is 18.0. The van der Waals surface area contributed by atoms with Crippen molar-refractivity contribution in [3.63, 3.8) is 0 Å². The zero-order valence-electron chi connectivity index (χ0n) is 13.7. The molecular formula is C19H16BrNO4. The van der Waals surface area contributed by atoms with Crippen LogP contribution in [0.3, 0.4) is 0 Å². The number of aromatic amines is 1. The molecule has 3 aromatic rings. The van der Waals surface area contributed by atoms with Gasteiger partial charge in [-0.3, -0.25) is 4.79 Å². The van der Waals surface area contributed by atoms with Crippen LogP contribution in [0, 0.1) is 0 Å². The fourth-order valence-electron chi connectivity index (χ4n) is 2.57. The lowest BCUT2D eigenvalue weighted by atomic mass is 10.1. The van der Waals surface area contributed by atoms with E-state index in [1.165, 1.54) is 0 Å². The molecule has 0 aliphatic rings. The second-order valence-corrected chi connectivity index (χ2v) is 6.36. The quantitative estimate of drug-likeness (QED) is 0.509. The molecule has 0 fully saturated rings. The van der Waals surface area contributed by atoms with Gasteiger partial charge >= 0.3 is 5.97 Å². The van der Waals surface area contributed by atoms with Crippen LogP contribution in [0.5, 0.6) is 5.75 Å². The highest BCUT2D eigenvalue weighted by molar-refractivity contribution is 9.10. The molecule has 0 amide bonds. The SMILES string of the molecule is COc1ccc(C(=O)O[C@H](C)C(=O)c2c[nH]c3ccccc23)cc1Br. The molecule has 6 heteroatoms. The van der Waals surface area contributed by atoms with Gasteiger partial charge in [0, 0.05) is 22.7 Å². The third kappa shape index (κ3) is 3.44. The monoisotopic (exact) mass is 401 g/mol. The Hall–Kier alpha value is -2.60. The van der Waals surface area contributed by atoms with E-state index in [4.69, 9.17) is 9.47 Å². The van der Waals surface area contributed by atoms with E-state index < -0.39 is 12.1 Å². The molecule has 0 radical (unpaired) electrons. The number of benzene rings is 2. The van der Waals surface area contributed by atoms with Crippen molar-refractivity contribution in [2.24, 2.45) is 0 Å². The van der Waals surface area contributed by atoms with Gasteiger partial charge in [0.05, 0.1) is 17.1 Å². The molecule has 2 aromatic carbocycles. The number of hydrogen-bond donors (Lipinski definition) is 1. The number of halogens is 1. The van der Waals surface area contributed by atoms with Crippen LogP contribution in [-0.4, -0.2) is 30.0 Å². The van der Waals surface area contributed by atoms with Gasteiger partial charge in [-0.05, 0) is 47.1 Å². The van der Waals surface area contributed by atoms with Crippen molar-refractivity contribution in [3.05, 3.63) is 64.3 Å². The molecule has 1 heterocycles. The Balaban J connectivity index is 1.77. The first kappa shape index (κ1) is 17.2. The molecule has 3 rings (SSSR count). The number of nitrogens with one attached hydrogen (secondary N) is 1. The Bertz CT molecular complexity index is 948. The summed E-state index contributed by atoms with van der Waals surface area (Å²) in [6, 6.07) is 12.3. The molecule has 0 saturated carbocycles. The number of carbonyl (C=O) groups is 2. The lowest BCUT2D eigenvalue weighted by Crippen LogP contribution is -2.24. The summed E-state index contributed by atoms with van der Waals surface area (Å²) in [5.41, 5.74) is 1.71. The predicted molar refractivity (Wildman–Crippen MR) is 98.2 cm³/mol. The van der Waals surface area contributed by atoms with E-state index in [1.54, 1.807) is 38.4 Å². The highest BCUT2D eigenvalue weighted by Crippen LogP contribution is 2.26. The van der Waals surface area contributed by atoms with Gasteiger partial charge in [0.25, 0.3) is 0 Å². The minimum Gasteiger partial charge on any atom is -0.496 e. The van der Waals surface area contributed by atoms with E-state index in [2.05, 4.69) is 20.9 Å². The van der Waals surface area contributed by atoms with Gasteiger partial charge in [-0.2, -0.15) is 0 Å².